The van der Waals surface area contributed by atoms with Crippen molar-refractivity contribution in [3.8, 4) is 0 Å². The second-order valence-electron chi connectivity index (χ2n) is 8.56. The van der Waals surface area contributed by atoms with Crippen LogP contribution in [0.5, 0.6) is 0 Å². The molecule has 3 aliphatic heterocycles. The first-order chi connectivity index (χ1) is 12.7. The van der Waals surface area contributed by atoms with Crippen LogP contribution >= 0.6 is 0 Å². The van der Waals surface area contributed by atoms with Crippen LogP contribution < -0.4 is 0 Å². The number of amides is 2. The van der Waals surface area contributed by atoms with Gasteiger partial charge in [-0.1, -0.05) is 77.6 Å². The predicted octanol–water partition coefficient (Wildman–Crippen LogP) is 4.85. The first-order valence-electron chi connectivity index (χ1n) is 11.2. The summed E-state index contributed by atoms with van der Waals surface area (Å²) in [6.07, 6.45) is 17.6. The maximum atomic E-state index is 12.5. The summed E-state index contributed by atoms with van der Waals surface area (Å²) in [5.74, 6) is -0.206. The second-order valence-corrected chi connectivity index (χ2v) is 8.56. The SMILES string of the molecule is CCCCCCCCCCCCCCN1C(=O)[C@@H]2[C@H](C1=O)[C@@H]1CC[C@H]2O1. The van der Waals surface area contributed by atoms with Crippen molar-refractivity contribution >= 4 is 11.8 Å². The molecule has 0 saturated carbocycles. The fourth-order valence-corrected chi connectivity index (χ4v) is 5.11. The third kappa shape index (κ3) is 4.49. The van der Waals surface area contributed by atoms with Crippen molar-refractivity contribution in [2.24, 2.45) is 11.8 Å². The van der Waals surface area contributed by atoms with Gasteiger partial charge in [-0.2, -0.15) is 0 Å². The van der Waals surface area contributed by atoms with E-state index >= 15 is 0 Å². The molecule has 0 aromatic carbocycles. The van der Waals surface area contributed by atoms with E-state index in [0.717, 1.165) is 25.7 Å². The lowest BCUT2D eigenvalue weighted by Crippen LogP contribution is -2.35. The van der Waals surface area contributed by atoms with E-state index in [0.29, 0.717) is 6.54 Å². The van der Waals surface area contributed by atoms with Gasteiger partial charge in [0.25, 0.3) is 0 Å². The molecule has 26 heavy (non-hydrogen) atoms. The summed E-state index contributed by atoms with van der Waals surface area (Å²) < 4.78 is 5.78. The number of carbonyl (C=O) groups excluding carboxylic acids is 2. The molecule has 0 aromatic heterocycles. The minimum atomic E-state index is -0.154. The fourth-order valence-electron chi connectivity index (χ4n) is 5.11. The molecule has 3 saturated heterocycles. The largest absolute Gasteiger partial charge is 0.373 e. The number of imide groups is 1. The Kier molecular flexibility index (Phi) is 7.53. The van der Waals surface area contributed by atoms with Gasteiger partial charge in [0.05, 0.1) is 24.0 Å². The number of ether oxygens (including phenoxy) is 1. The van der Waals surface area contributed by atoms with Crippen molar-refractivity contribution in [3.05, 3.63) is 0 Å². The molecule has 4 nitrogen and oxygen atoms in total. The molecule has 0 aromatic rings. The van der Waals surface area contributed by atoms with Gasteiger partial charge < -0.3 is 4.74 Å². The highest BCUT2D eigenvalue weighted by Crippen LogP contribution is 2.48. The Morgan fingerprint density at radius 3 is 1.62 bits per heavy atom. The van der Waals surface area contributed by atoms with Crippen LogP contribution in [0.25, 0.3) is 0 Å². The number of fused-ring (bicyclic) bond motifs is 5. The zero-order valence-electron chi connectivity index (χ0n) is 16.6. The molecule has 0 N–H and O–H groups in total. The van der Waals surface area contributed by atoms with Crippen molar-refractivity contribution in [3.63, 3.8) is 0 Å². The number of hydrogen-bond donors (Lipinski definition) is 0. The molecule has 3 fully saturated rings. The smallest absolute Gasteiger partial charge is 0.235 e. The molecule has 0 spiro atoms. The highest BCUT2D eigenvalue weighted by Gasteiger charge is 2.62. The Morgan fingerprint density at radius 2 is 1.15 bits per heavy atom. The van der Waals surface area contributed by atoms with Gasteiger partial charge >= 0.3 is 0 Å². The lowest BCUT2D eigenvalue weighted by molar-refractivity contribution is -0.142. The van der Waals surface area contributed by atoms with E-state index in [9.17, 15) is 9.59 Å². The van der Waals surface area contributed by atoms with Crippen LogP contribution in [0, 0.1) is 11.8 Å². The zero-order chi connectivity index (χ0) is 18.4. The van der Waals surface area contributed by atoms with Crippen molar-refractivity contribution in [2.75, 3.05) is 6.54 Å². The van der Waals surface area contributed by atoms with Crippen LogP contribution in [-0.2, 0) is 14.3 Å². The lowest BCUT2D eigenvalue weighted by Gasteiger charge is -2.17. The molecule has 4 heteroatoms. The molecule has 2 bridgehead atoms. The van der Waals surface area contributed by atoms with Crippen molar-refractivity contribution in [2.45, 2.75) is 109 Å². The summed E-state index contributed by atoms with van der Waals surface area (Å²) in [6, 6.07) is 0. The normalized spacial score (nSPS) is 29.8. The van der Waals surface area contributed by atoms with Gasteiger partial charge in [-0.15, -0.1) is 0 Å². The van der Waals surface area contributed by atoms with Gasteiger partial charge in [-0.25, -0.2) is 0 Å². The average Bonchev–Trinajstić information content (AvgIpc) is 3.31. The van der Waals surface area contributed by atoms with Gasteiger partial charge in [0.2, 0.25) is 11.8 Å². The molecule has 148 valence electrons. The van der Waals surface area contributed by atoms with Gasteiger partial charge in [-0.3, -0.25) is 14.5 Å². The number of likely N-dealkylation sites (tertiary alicyclic amines) is 1. The number of rotatable bonds is 13. The van der Waals surface area contributed by atoms with Gasteiger partial charge in [0, 0.05) is 6.54 Å². The minimum Gasteiger partial charge on any atom is -0.373 e. The van der Waals surface area contributed by atoms with E-state index < -0.39 is 0 Å². The first kappa shape index (κ1) is 19.9. The monoisotopic (exact) mass is 363 g/mol. The molecule has 4 atom stereocenters. The van der Waals surface area contributed by atoms with Crippen molar-refractivity contribution in [1.29, 1.82) is 0 Å². The minimum absolute atomic E-state index is 0.0217. The third-order valence-electron chi connectivity index (χ3n) is 6.61. The Hall–Kier alpha value is -0.900. The zero-order valence-corrected chi connectivity index (χ0v) is 16.6. The summed E-state index contributed by atoms with van der Waals surface area (Å²) in [5, 5.41) is 0. The molecule has 0 aliphatic carbocycles. The van der Waals surface area contributed by atoms with E-state index in [-0.39, 0.29) is 35.9 Å². The van der Waals surface area contributed by atoms with Gasteiger partial charge in [0.1, 0.15) is 0 Å². The van der Waals surface area contributed by atoms with E-state index in [1.54, 1.807) is 4.90 Å². The quantitative estimate of drug-likeness (QED) is 0.347. The predicted molar refractivity (Wildman–Crippen MR) is 103 cm³/mol. The molecule has 3 rings (SSSR count). The second kappa shape index (κ2) is 9.87. The molecule has 0 radical (unpaired) electrons. The topological polar surface area (TPSA) is 46.6 Å². The average molecular weight is 364 g/mol. The highest BCUT2D eigenvalue weighted by atomic mass is 16.5. The number of carbonyl (C=O) groups is 2. The highest BCUT2D eigenvalue weighted by molar-refractivity contribution is 6.06. The molecule has 3 heterocycles. The summed E-state index contributed by atoms with van der Waals surface area (Å²) in [7, 11) is 0. The Balaban J connectivity index is 1.21. The van der Waals surface area contributed by atoms with E-state index in [1.165, 1.54) is 64.2 Å². The fraction of sp³-hybridized carbons (Fsp3) is 0.909. The molecular weight excluding hydrogens is 326 g/mol. The maximum absolute atomic E-state index is 12.5. The summed E-state index contributed by atoms with van der Waals surface area (Å²) in [5.41, 5.74) is 0. The van der Waals surface area contributed by atoms with Crippen LogP contribution in [0.3, 0.4) is 0 Å². The van der Waals surface area contributed by atoms with Gasteiger partial charge in [0.15, 0.2) is 0 Å². The molecular formula is C22H37NO3. The van der Waals surface area contributed by atoms with Crippen LogP contribution in [0.15, 0.2) is 0 Å². The summed E-state index contributed by atoms with van der Waals surface area (Å²) in [4.78, 5) is 26.6. The standard InChI is InChI=1S/C22H37NO3/c1-2-3-4-5-6-7-8-9-10-11-12-13-16-23-21(24)19-17-14-15-18(26-17)20(19)22(23)25/h17-20H,2-16H2,1H3/t17-,18+,19+,20-. The van der Waals surface area contributed by atoms with E-state index in [1.807, 2.05) is 0 Å². The van der Waals surface area contributed by atoms with Crippen LogP contribution in [0.2, 0.25) is 0 Å². The van der Waals surface area contributed by atoms with Crippen LogP contribution in [0.1, 0.15) is 96.8 Å². The van der Waals surface area contributed by atoms with E-state index in [2.05, 4.69) is 6.92 Å². The van der Waals surface area contributed by atoms with Crippen LogP contribution in [-0.4, -0.2) is 35.5 Å². The first-order valence-corrected chi connectivity index (χ1v) is 11.2. The van der Waals surface area contributed by atoms with Crippen molar-refractivity contribution in [1.82, 2.24) is 4.90 Å². The van der Waals surface area contributed by atoms with Crippen LogP contribution in [0.4, 0.5) is 0 Å². The number of hydrogen-bond acceptors (Lipinski definition) is 3. The summed E-state index contributed by atoms with van der Waals surface area (Å²) >= 11 is 0. The Bertz CT molecular complexity index is 450. The molecule has 2 amide bonds. The summed E-state index contributed by atoms with van der Waals surface area (Å²) in [6.45, 7) is 2.89. The van der Waals surface area contributed by atoms with E-state index in [4.69, 9.17) is 4.74 Å². The third-order valence-corrected chi connectivity index (χ3v) is 6.61. The maximum Gasteiger partial charge on any atom is 0.235 e. The number of nitrogens with zero attached hydrogens (tertiary/aromatic N) is 1. The van der Waals surface area contributed by atoms with Crippen molar-refractivity contribution < 1.29 is 14.3 Å². The van der Waals surface area contributed by atoms with Gasteiger partial charge in [-0.05, 0) is 19.3 Å². The Labute approximate surface area is 159 Å². The molecule has 3 aliphatic rings. The lowest BCUT2D eigenvalue weighted by atomic mass is 9.81. The number of unbranched alkanes of at least 4 members (excludes halogenated alkanes) is 11. The Morgan fingerprint density at radius 1 is 0.731 bits per heavy atom. The molecule has 0 unspecified atom stereocenters.